The molecule has 0 saturated carbocycles. The Labute approximate surface area is 145 Å². The molecule has 24 heavy (non-hydrogen) atoms. The van der Waals surface area contributed by atoms with Crippen molar-refractivity contribution in [1.82, 2.24) is 10.2 Å². The van der Waals surface area contributed by atoms with E-state index in [-0.39, 0.29) is 0 Å². The zero-order valence-electron chi connectivity index (χ0n) is 15.3. The summed E-state index contributed by atoms with van der Waals surface area (Å²) in [5, 5.41) is 6.67. The normalized spacial score (nSPS) is 19.0. The van der Waals surface area contributed by atoms with E-state index < -0.39 is 0 Å². The summed E-state index contributed by atoms with van der Waals surface area (Å²) in [4.78, 5) is 6.83. The van der Waals surface area contributed by atoms with Crippen LogP contribution in [0.5, 0.6) is 11.5 Å². The number of aliphatic imine (C=N–C) groups is 1. The van der Waals surface area contributed by atoms with Crippen LogP contribution in [0.3, 0.4) is 0 Å². The second-order valence-electron chi connectivity index (χ2n) is 6.07. The molecule has 6 heteroatoms. The summed E-state index contributed by atoms with van der Waals surface area (Å²) in [6.07, 6.45) is 3.97. The van der Waals surface area contributed by atoms with Gasteiger partial charge >= 0.3 is 0 Å². The van der Waals surface area contributed by atoms with E-state index in [0.29, 0.717) is 17.5 Å². The van der Waals surface area contributed by atoms with Crippen LogP contribution in [0, 0.1) is 0 Å². The molecule has 1 atom stereocenters. The van der Waals surface area contributed by atoms with Crippen molar-refractivity contribution in [1.29, 1.82) is 0 Å². The Morgan fingerprint density at radius 1 is 1.25 bits per heavy atom. The Bertz CT molecular complexity index is 548. The molecule has 6 nitrogen and oxygen atoms in total. The van der Waals surface area contributed by atoms with Crippen LogP contribution in [0.25, 0.3) is 0 Å². The SMILES string of the molecule is CN=C(NCCN1CCCCC1C)Nc1ccc(OC)c(OC)c1. The third kappa shape index (κ3) is 5.03. The molecule has 0 aliphatic carbocycles. The van der Waals surface area contributed by atoms with Gasteiger partial charge in [0.2, 0.25) is 0 Å². The van der Waals surface area contributed by atoms with Crippen LogP contribution in [0.15, 0.2) is 23.2 Å². The average Bonchev–Trinajstić information content (AvgIpc) is 2.62. The van der Waals surface area contributed by atoms with E-state index in [1.54, 1.807) is 21.3 Å². The maximum atomic E-state index is 5.33. The van der Waals surface area contributed by atoms with Gasteiger partial charge < -0.3 is 20.1 Å². The molecule has 2 N–H and O–H groups in total. The molecular formula is C18H30N4O2. The minimum atomic E-state index is 0.682. The molecule has 0 bridgehead atoms. The highest BCUT2D eigenvalue weighted by atomic mass is 16.5. The molecule has 0 aromatic heterocycles. The second kappa shape index (κ2) is 9.37. The van der Waals surface area contributed by atoms with Gasteiger partial charge in [0.1, 0.15) is 0 Å². The molecule has 2 rings (SSSR count). The number of nitrogens with one attached hydrogen (secondary N) is 2. The van der Waals surface area contributed by atoms with Crippen molar-refractivity contribution in [3.8, 4) is 11.5 Å². The predicted molar refractivity (Wildman–Crippen MR) is 99.4 cm³/mol. The number of hydrogen-bond donors (Lipinski definition) is 2. The van der Waals surface area contributed by atoms with E-state index in [0.717, 1.165) is 24.7 Å². The van der Waals surface area contributed by atoms with Crippen molar-refractivity contribution in [2.75, 3.05) is 46.2 Å². The maximum absolute atomic E-state index is 5.33. The highest BCUT2D eigenvalue weighted by Crippen LogP contribution is 2.29. The fourth-order valence-corrected chi connectivity index (χ4v) is 3.04. The lowest BCUT2D eigenvalue weighted by atomic mass is 10.0. The number of likely N-dealkylation sites (tertiary alicyclic amines) is 1. The monoisotopic (exact) mass is 334 g/mol. The van der Waals surface area contributed by atoms with Gasteiger partial charge in [-0.2, -0.15) is 0 Å². The lowest BCUT2D eigenvalue weighted by Gasteiger charge is -2.33. The predicted octanol–water partition coefficient (Wildman–Crippen LogP) is 2.57. The largest absolute Gasteiger partial charge is 0.493 e. The number of benzene rings is 1. The van der Waals surface area contributed by atoms with Crippen molar-refractivity contribution in [2.24, 2.45) is 4.99 Å². The number of piperidine rings is 1. The van der Waals surface area contributed by atoms with Crippen LogP contribution < -0.4 is 20.1 Å². The van der Waals surface area contributed by atoms with Gasteiger partial charge in [0.25, 0.3) is 0 Å². The average molecular weight is 334 g/mol. The molecule has 1 saturated heterocycles. The van der Waals surface area contributed by atoms with Crippen molar-refractivity contribution in [2.45, 2.75) is 32.2 Å². The van der Waals surface area contributed by atoms with E-state index in [9.17, 15) is 0 Å². The Morgan fingerprint density at radius 2 is 2.04 bits per heavy atom. The van der Waals surface area contributed by atoms with E-state index in [2.05, 4.69) is 27.4 Å². The number of nitrogens with zero attached hydrogens (tertiary/aromatic N) is 2. The summed E-state index contributed by atoms with van der Waals surface area (Å²) in [5.41, 5.74) is 0.909. The minimum Gasteiger partial charge on any atom is -0.493 e. The van der Waals surface area contributed by atoms with Crippen LogP contribution in [0.1, 0.15) is 26.2 Å². The van der Waals surface area contributed by atoms with Crippen molar-refractivity contribution in [3.05, 3.63) is 18.2 Å². The quantitative estimate of drug-likeness (QED) is 0.618. The lowest BCUT2D eigenvalue weighted by Crippen LogP contribution is -2.43. The Kier molecular flexibility index (Phi) is 7.18. The zero-order valence-corrected chi connectivity index (χ0v) is 15.3. The third-order valence-corrected chi connectivity index (χ3v) is 4.50. The third-order valence-electron chi connectivity index (χ3n) is 4.50. The first-order valence-electron chi connectivity index (χ1n) is 8.61. The van der Waals surface area contributed by atoms with Crippen LogP contribution >= 0.6 is 0 Å². The minimum absolute atomic E-state index is 0.682. The first-order valence-corrected chi connectivity index (χ1v) is 8.61. The Hall–Kier alpha value is -1.95. The second-order valence-corrected chi connectivity index (χ2v) is 6.07. The molecular weight excluding hydrogens is 304 g/mol. The molecule has 1 fully saturated rings. The van der Waals surface area contributed by atoms with E-state index >= 15 is 0 Å². The molecule has 1 aromatic carbocycles. The number of rotatable bonds is 6. The van der Waals surface area contributed by atoms with Gasteiger partial charge in [-0.3, -0.25) is 9.89 Å². The Balaban J connectivity index is 1.86. The highest BCUT2D eigenvalue weighted by Gasteiger charge is 2.17. The van der Waals surface area contributed by atoms with Crippen LogP contribution in [0.4, 0.5) is 5.69 Å². The van der Waals surface area contributed by atoms with Crippen LogP contribution in [-0.4, -0.2) is 57.8 Å². The van der Waals surface area contributed by atoms with Crippen LogP contribution in [-0.2, 0) is 0 Å². The molecule has 0 amide bonds. The summed E-state index contributed by atoms with van der Waals surface area (Å²) in [6, 6.07) is 6.41. The number of anilines is 1. The molecule has 1 heterocycles. The fraction of sp³-hybridized carbons (Fsp3) is 0.611. The Morgan fingerprint density at radius 3 is 2.71 bits per heavy atom. The molecule has 1 aliphatic rings. The van der Waals surface area contributed by atoms with Gasteiger partial charge in [0.05, 0.1) is 14.2 Å². The molecule has 1 unspecified atom stereocenters. The van der Waals surface area contributed by atoms with Gasteiger partial charge in [-0.05, 0) is 38.4 Å². The first kappa shape index (κ1) is 18.4. The summed E-state index contributed by atoms with van der Waals surface area (Å²) in [7, 11) is 5.04. The van der Waals surface area contributed by atoms with Gasteiger partial charge in [-0.1, -0.05) is 6.42 Å². The lowest BCUT2D eigenvalue weighted by molar-refractivity contribution is 0.164. The summed E-state index contributed by atoms with van der Waals surface area (Å²) >= 11 is 0. The number of hydrogen-bond acceptors (Lipinski definition) is 4. The van der Waals surface area contributed by atoms with Crippen molar-refractivity contribution < 1.29 is 9.47 Å². The summed E-state index contributed by atoms with van der Waals surface area (Å²) in [5.74, 6) is 2.16. The molecule has 1 aliphatic heterocycles. The summed E-state index contributed by atoms with van der Waals surface area (Å²) < 4.78 is 10.6. The molecule has 0 spiro atoms. The smallest absolute Gasteiger partial charge is 0.195 e. The number of ether oxygens (including phenoxy) is 2. The summed E-state index contributed by atoms with van der Waals surface area (Å²) in [6.45, 7) is 5.42. The van der Waals surface area contributed by atoms with Crippen molar-refractivity contribution >= 4 is 11.6 Å². The first-order chi connectivity index (χ1) is 11.7. The van der Waals surface area contributed by atoms with E-state index in [4.69, 9.17) is 9.47 Å². The van der Waals surface area contributed by atoms with Crippen molar-refractivity contribution in [3.63, 3.8) is 0 Å². The molecule has 134 valence electrons. The van der Waals surface area contributed by atoms with E-state index in [1.165, 1.54) is 25.8 Å². The van der Waals surface area contributed by atoms with Gasteiger partial charge in [0.15, 0.2) is 17.5 Å². The van der Waals surface area contributed by atoms with Gasteiger partial charge in [-0.15, -0.1) is 0 Å². The van der Waals surface area contributed by atoms with Gasteiger partial charge in [-0.25, -0.2) is 0 Å². The standard InChI is InChI=1S/C18H30N4O2/c1-14-7-5-6-11-22(14)12-10-20-18(19-2)21-15-8-9-16(23-3)17(13-15)24-4/h8-9,13-14H,5-7,10-12H2,1-4H3,(H2,19,20,21). The van der Waals surface area contributed by atoms with E-state index in [1.807, 2.05) is 18.2 Å². The fourth-order valence-electron chi connectivity index (χ4n) is 3.04. The zero-order chi connectivity index (χ0) is 17.4. The highest BCUT2D eigenvalue weighted by molar-refractivity contribution is 5.93. The number of methoxy groups -OCH3 is 2. The maximum Gasteiger partial charge on any atom is 0.195 e. The topological polar surface area (TPSA) is 58.1 Å². The number of guanidine groups is 1. The van der Waals surface area contributed by atoms with Gasteiger partial charge in [0, 0.05) is 37.9 Å². The molecule has 0 radical (unpaired) electrons. The van der Waals surface area contributed by atoms with Crippen LogP contribution in [0.2, 0.25) is 0 Å². The molecule has 1 aromatic rings.